The van der Waals surface area contributed by atoms with Crippen LogP contribution in [0.15, 0.2) is 24.4 Å². The Labute approximate surface area is 161 Å². The molecule has 1 aromatic heterocycles. The molecule has 2 amide bonds. The Kier molecular flexibility index (Phi) is 6.38. The Morgan fingerprint density at radius 2 is 1.89 bits per heavy atom. The number of hydrogen-bond acceptors (Lipinski definition) is 5. The summed E-state index contributed by atoms with van der Waals surface area (Å²) >= 11 is 0. The fourth-order valence-electron chi connectivity index (χ4n) is 3.62. The maximum atomic E-state index is 12.6. The highest BCUT2D eigenvalue weighted by Crippen LogP contribution is 2.19. The Morgan fingerprint density at radius 1 is 1.14 bits per heavy atom. The van der Waals surface area contributed by atoms with E-state index < -0.39 is 24.7 Å². The molecule has 1 atom stereocenters. The predicted octanol–water partition coefficient (Wildman–Crippen LogP) is 0.873. The number of aromatic nitrogens is 1. The molecule has 2 aliphatic heterocycles. The Morgan fingerprint density at radius 3 is 2.54 bits per heavy atom. The third-order valence-corrected chi connectivity index (χ3v) is 5.07. The lowest BCUT2D eigenvalue weighted by atomic mass is 10.2. The van der Waals surface area contributed by atoms with Gasteiger partial charge in [0.25, 0.3) is 0 Å². The molecular weight excluding hydrogens is 375 g/mol. The zero-order chi connectivity index (χ0) is 20.1. The van der Waals surface area contributed by atoms with E-state index in [1.54, 1.807) is 16.0 Å². The molecule has 3 rings (SSSR count). The van der Waals surface area contributed by atoms with E-state index in [1.165, 1.54) is 0 Å². The standard InChI is InChI=1S/C18H24F3N5O2/c19-18(20,21)13-23-17(28)14-4-3-7-26(14)12-16(27)25-10-8-24(9-11-25)15-5-1-2-6-22-15/h1-2,5-6,14H,3-4,7-13H2,(H,23,28). The minimum atomic E-state index is -4.44. The fraction of sp³-hybridized carbons (Fsp3) is 0.611. The SMILES string of the molecule is O=C(NCC(F)(F)F)C1CCCN1CC(=O)N1CCN(c2ccccn2)CC1. The van der Waals surface area contributed by atoms with Gasteiger partial charge in [-0.25, -0.2) is 4.98 Å². The van der Waals surface area contributed by atoms with Gasteiger partial charge in [0.15, 0.2) is 0 Å². The summed E-state index contributed by atoms with van der Waals surface area (Å²) in [6.07, 6.45) is -1.57. The van der Waals surface area contributed by atoms with Crippen molar-refractivity contribution in [1.82, 2.24) is 20.1 Å². The largest absolute Gasteiger partial charge is 0.405 e. The molecule has 2 fully saturated rings. The summed E-state index contributed by atoms with van der Waals surface area (Å²) in [6.45, 7) is 1.66. The zero-order valence-electron chi connectivity index (χ0n) is 15.5. The number of alkyl halides is 3. The minimum Gasteiger partial charge on any atom is -0.353 e. The molecule has 154 valence electrons. The van der Waals surface area contributed by atoms with Crippen molar-refractivity contribution in [3.8, 4) is 0 Å². The normalized spacial score (nSPS) is 21.0. The number of hydrogen-bond donors (Lipinski definition) is 1. The van der Waals surface area contributed by atoms with Gasteiger partial charge in [0, 0.05) is 32.4 Å². The van der Waals surface area contributed by atoms with Gasteiger partial charge in [0.2, 0.25) is 11.8 Å². The van der Waals surface area contributed by atoms with Gasteiger partial charge in [-0.1, -0.05) is 6.07 Å². The molecule has 1 N–H and O–H groups in total. The molecule has 0 saturated carbocycles. The number of rotatable bonds is 5. The zero-order valence-corrected chi connectivity index (χ0v) is 15.5. The highest BCUT2D eigenvalue weighted by Gasteiger charge is 2.35. The molecule has 28 heavy (non-hydrogen) atoms. The molecule has 0 aromatic carbocycles. The van der Waals surface area contributed by atoms with Crippen molar-refractivity contribution in [2.24, 2.45) is 0 Å². The van der Waals surface area contributed by atoms with Crippen molar-refractivity contribution in [1.29, 1.82) is 0 Å². The van der Waals surface area contributed by atoms with Crippen molar-refractivity contribution < 1.29 is 22.8 Å². The number of piperazine rings is 1. The van der Waals surface area contributed by atoms with Gasteiger partial charge in [-0.15, -0.1) is 0 Å². The van der Waals surface area contributed by atoms with Crippen LogP contribution in [0.4, 0.5) is 19.0 Å². The summed E-state index contributed by atoms with van der Waals surface area (Å²) < 4.78 is 36.9. The lowest BCUT2D eigenvalue weighted by Crippen LogP contribution is -2.53. The van der Waals surface area contributed by atoms with Crippen LogP contribution >= 0.6 is 0 Å². The van der Waals surface area contributed by atoms with Crippen molar-refractivity contribution in [2.75, 3.05) is 50.7 Å². The summed E-state index contributed by atoms with van der Waals surface area (Å²) in [5.74, 6) is 0.106. The maximum absolute atomic E-state index is 12.6. The molecule has 1 unspecified atom stereocenters. The number of carbonyl (C=O) groups excluding carboxylic acids is 2. The number of amides is 2. The van der Waals surface area contributed by atoms with Crippen LogP contribution in [0.3, 0.4) is 0 Å². The van der Waals surface area contributed by atoms with E-state index in [9.17, 15) is 22.8 Å². The molecule has 2 saturated heterocycles. The van der Waals surface area contributed by atoms with Gasteiger partial charge in [-0.05, 0) is 31.5 Å². The number of carbonyl (C=O) groups is 2. The van der Waals surface area contributed by atoms with Crippen molar-refractivity contribution in [2.45, 2.75) is 25.1 Å². The van der Waals surface area contributed by atoms with Gasteiger partial charge in [-0.2, -0.15) is 13.2 Å². The Hall–Kier alpha value is -2.36. The van der Waals surface area contributed by atoms with Crippen LogP contribution in [0.1, 0.15) is 12.8 Å². The first-order valence-corrected chi connectivity index (χ1v) is 9.36. The molecule has 10 heteroatoms. The number of nitrogens with zero attached hydrogens (tertiary/aromatic N) is 4. The highest BCUT2D eigenvalue weighted by atomic mass is 19.4. The van der Waals surface area contributed by atoms with Crippen LogP contribution < -0.4 is 10.2 Å². The van der Waals surface area contributed by atoms with Crippen LogP contribution in [0.5, 0.6) is 0 Å². The van der Waals surface area contributed by atoms with E-state index in [0.29, 0.717) is 45.6 Å². The van der Waals surface area contributed by atoms with E-state index in [2.05, 4.69) is 9.88 Å². The molecule has 2 aliphatic rings. The van der Waals surface area contributed by atoms with Crippen molar-refractivity contribution >= 4 is 17.6 Å². The summed E-state index contributed by atoms with van der Waals surface area (Å²) in [5.41, 5.74) is 0. The molecule has 3 heterocycles. The molecule has 0 aliphatic carbocycles. The molecular formula is C18H24F3N5O2. The minimum absolute atomic E-state index is 0.0493. The van der Waals surface area contributed by atoms with Crippen LogP contribution in [0, 0.1) is 0 Å². The van der Waals surface area contributed by atoms with Gasteiger partial charge in [0.05, 0.1) is 12.6 Å². The quantitative estimate of drug-likeness (QED) is 0.796. The van der Waals surface area contributed by atoms with E-state index >= 15 is 0 Å². The second-order valence-corrected chi connectivity index (χ2v) is 7.02. The number of likely N-dealkylation sites (tertiary alicyclic amines) is 1. The summed E-state index contributed by atoms with van der Waals surface area (Å²) in [6, 6.07) is 5.00. The molecule has 1 aromatic rings. The first-order valence-electron chi connectivity index (χ1n) is 9.36. The monoisotopic (exact) mass is 399 g/mol. The topological polar surface area (TPSA) is 68.8 Å². The lowest BCUT2D eigenvalue weighted by molar-refractivity contribution is -0.142. The second kappa shape index (κ2) is 8.76. The second-order valence-electron chi connectivity index (χ2n) is 7.02. The number of pyridine rings is 1. The highest BCUT2D eigenvalue weighted by molar-refractivity contribution is 5.84. The van der Waals surface area contributed by atoms with Crippen LogP contribution in [0.2, 0.25) is 0 Å². The third kappa shape index (κ3) is 5.34. The average Bonchev–Trinajstić information content (AvgIpc) is 3.14. The molecule has 0 radical (unpaired) electrons. The lowest BCUT2D eigenvalue weighted by Gasteiger charge is -2.36. The first-order chi connectivity index (χ1) is 13.3. The summed E-state index contributed by atoms with van der Waals surface area (Å²) in [4.78, 5) is 34.5. The van der Waals surface area contributed by atoms with Crippen LogP contribution in [-0.4, -0.2) is 84.6 Å². The summed E-state index contributed by atoms with van der Waals surface area (Å²) in [5, 5.41) is 1.93. The number of halogens is 3. The van der Waals surface area contributed by atoms with Crippen molar-refractivity contribution in [3.05, 3.63) is 24.4 Å². The molecule has 0 spiro atoms. The van der Waals surface area contributed by atoms with E-state index in [4.69, 9.17) is 0 Å². The van der Waals surface area contributed by atoms with Crippen LogP contribution in [0.25, 0.3) is 0 Å². The van der Waals surface area contributed by atoms with Gasteiger partial charge in [-0.3, -0.25) is 14.5 Å². The molecule has 7 nitrogen and oxygen atoms in total. The summed E-state index contributed by atoms with van der Waals surface area (Å²) in [7, 11) is 0. The Balaban J connectivity index is 1.48. The van der Waals surface area contributed by atoms with E-state index in [0.717, 1.165) is 5.82 Å². The maximum Gasteiger partial charge on any atom is 0.405 e. The van der Waals surface area contributed by atoms with E-state index in [1.807, 2.05) is 23.5 Å². The van der Waals surface area contributed by atoms with Gasteiger partial charge >= 0.3 is 6.18 Å². The average molecular weight is 399 g/mol. The van der Waals surface area contributed by atoms with Crippen molar-refractivity contribution in [3.63, 3.8) is 0 Å². The first kappa shape index (κ1) is 20.4. The van der Waals surface area contributed by atoms with Crippen LogP contribution in [-0.2, 0) is 9.59 Å². The van der Waals surface area contributed by atoms with Gasteiger partial charge in [0.1, 0.15) is 12.4 Å². The predicted molar refractivity (Wildman–Crippen MR) is 96.7 cm³/mol. The van der Waals surface area contributed by atoms with E-state index in [-0.39, 0.29) is 12.5 Å². The fourth-order valence-corrected chi connectivity index (χ4v) is 3.62. The number of anilines is 1. The third-order valence-electron chi connectivity index (χ3n) is 5.07. The van der Waals surface area contributed by atoms with Gasteiger partial charge < -0.3 is 15.1 Å². The number of nitrogens with one attached hydrogen (secondary N) is 1. The molecule has 0 bridgehead atoms. The smallest absolute Gasteiger partial charge is 0.353 e. The Bertz CT molecular complexity index is 678.